The van der Waals surface area contributed by atoms with E-state index in [9.17, 15) is 5.11 Å². The molecule has 1 saturated heterocycles. The van der Waals surface area contributed by atoms with Crippen molar-refractivity contribution in [1.82, 2.24) is 15.2 Å². The van der Waals surface area contributed by atoms with Crippen molar-refractivity contribution < 1.29 is 5.11 Å². The molecule has 2 heterocycles. The molecule has 0 bridgehead atoms. The fourth-order valence-corrected chi connectivity index (χ4v) is 3.65. The zero-order valence-electron chi connectivity index (χ0n) is 18.0. The zero-order valence-corrected chi connectivity index (χ0v) is 20.3. The van der Waals surface area contributed by atoms with Gasteiger partial charge in [0.25, 0.3) is 0 Å². The van der Waals surface area contributed by atoms with Crippen LogP contribution in [0, 0.1) is 0 Å². The summed E-state index contributed by atoms with van der Waals surface area (Å²) in [4.78, 5) is 13.2. The Morgan fingerprint density at radius 1 is 1.13 bits per heavy atom. The van der Waals surface area contributed by atoms with E-state index in [1.165, 1.54) is 30.5 Å². The topological polar surface area (TPSA) is 64.0 Å². The fourth-order valence-electron chi connectivity index (χ4n) is 3.65. The fraction of sp³-hybridized carbons (Fsp3) is 0.478. The van der Waals surface area contributed by atoms with Gasteiger partial charge in [0.2, 0.25) is 0 Å². The molecule has 3 rings (SSSR count). The smallest absolute Gasteiger partial charge is 0.194 e. The van der Waals surface area contributed by atoms with Crippen LogP contribution in [0.25, 0.3) is 0 Å². The molecule has 0 radical (unpaired) electrons. The number of nitrogens with zero attached hydrogens (tertiary/aromatic N) is 4. The molecule has 30 heavy (non-hydrogen) atoms. The van der Waals surface area contributed by atoms with Gasteiger partial charge in [0, 0.05) is 51.3 Å². The monoisotopic (exact) mass is 523 g/mol. The average molecular weight is 523 g/mol. The summed E-state index contributed by atoms with van der Waals surface area (Å²) in [6.45, 7) is 6.23. The molecule has 6 nitrogen and oxygen atoms in total. The summed E-state index contributed by atoms with van der Waals surface area (Å²) in [5.74, 6) is 0.792. The summed E-state index contributed by atoms with van der Waals surface area (Å²) >= 11 is 0. The number of piperidine rings is 1. The van der Waals surface area contributed by atoms with Crippen LogP contribution in [0.3, 0.4) is 0 Å². The zero-order chi connectivity index (χ0) is 20.5. The number of anilines is 1. The molecule has 2 aromatic rings. The highest BCUT2D eigenvalue weighted by molar-refractivity contribution is 14.0. The second-order valence-electron chi connectivity index (χ2n) is 7.56. The molecule has 1 aromatic carbocycles. The van der Waals surface area contributed by atoms with E-state index >= 15 is 0 Å². The number of aliphatic hydroxyl groups excluding tert-OH is 1. The maximum atomic E-state index is 10.4. The molecule has 1 atom stereocenters. The van der Waals surface area contributed by atoms with Gasteiger partial charge < -0.3 is 20.2 Å². The molecule has 0 saturated carbocycles. The normalized spacial score (nSPS) is 15.3. The highest BCUT2D eigenvalue weighted by atomic mass is 127. The lowest BCUT2D eigenvalue weighted by Crippen LogP contribution is -2.38. The van der Waals surface area contributed by atoms with Crippen LogP contribution in [0.1, 0.15) is 43.4 Å². The van der Waals surface area contributed by atoms with Gasteiger partial charge in [-0.1, -0.05) is 12.1 Å². The number of guanidine groups is 1. The van der Waals surface area contributed by atoms with Crippen molar-refractivity contribution in [2.24, 2.45) is 4.99 Å². The highest BCUT2D eigenvalue weighted by Crippen LogP contribution is 2.20. The second kappa shape index (κ2) is 12.7. The third-order valence-electron chi connectivity index (χ3n) is 5.28. The Kier molecular flexibility index (Phi) is 10.4. The molecule has 2 N–H and O–H groups in total. The lowest BCUT2D eigenvalue weighted by Gasteiger charge is -2.29. The molecule has 1 aliphatic heterocycles. The molecule has 1 aliphatic rings. The predicted octanol–water partition coefficient (Wildman–Crippen LogP) is 3.82. The van der Waals surface area contributed by atoms with E-state index in [1.807, 2.05) is 19.2 Å². The van der Waals surface area contributed by atoms with Crippen LogP contribution in [0.2, 0.25) is 0 Å². The van der Waals surface area contributed by atoms with Gasteiger partial charge in [-0.3, -0.25) is 9.98 Å². The first-order valence-corrected chi connectivity index (χ1v) is 10.6. The van der Waals surface area contributed by atoms with Gasteiger partial charge in [-0.15, -0.1) is 24.0 Å². The molecule has 7 heteroatoms. The minimum Gasteiger partial charge on any atom is -0.386 e. The number of hydrogen-bond donors (Lipinski definition) is 2. The quantitative estimate of drug-likeness (QED) is 0.328. The van der Waals surface area contributed by atoms with Gasteiger partial charge in [0.05, 0.1) is 12.6 Å². The molecule has 0 amide bonds. The third kappa shape index (κ3) is 7.12. The van der Waals surface area contributed by atoms with E-state index in [4.69, 9.17) is 0 Å². The number of pyridine rings is 1. The van der Waals surface area contributed by atoms with Crippen LogP contribution in [-0.4, -0.2) is 54.2 Å². The minimum absolute atomic E-state index is 0. The van der Waals surface area contributed by atoms with E-state index in [1.54, 1.807) is 12.4 Å². The molecule has 164 valence electrons. The molecule has 0 spiro atoms. The maximum absolute atomic E-state index is 10.4. The van der Waals surface area contributed by atoms with Crippen molar-refractivity contribution in [2.75, 3.05) is 38.1 Å². The molecule has 1 unspecified atom stereocenters. The van der Waals surface area contributed by atoms with Crippen molar-refractivity contribution in [2.45, 2.75) is 38.8 Å². The number of benzene rings is 1. The van der Waals surface area contributed by atoms with Crippen molar-refractivity contribution in [3.8, 4) is 0 Å². The van der Waals surface area contributed by atoms with E-state index in [0.717, 1.165) is 37.7 Å². The number of hydrogen-bond acceptors (Lipinski definition) is 4. The standard InChI is InChI=1S/C23H33N5O.HI/c1-3-25-23(26-17-22(29)20-11-13-24-14-12-20)27(2)18-19-7-9-21(10-8-19)28-15-5-4-6-16-28;/h7-14,22,29H,3-6,15-18H2,1-2H3,(H,25,26);1H. The largest absolute Gasteiger partial charge is 0.386 e. The number of rotatable bonds is 7. The number of halogens is 1. The van der Waals surface area contributed by atoms with Gasteiger partial charge in [0.1, 0.15) is 0 Å². The molecular weight excluding hydrogens is 489 g/mol. The molecule has 1 fully saturated rings. The Balaban J connectivity index is 0.00000320. The Bertz CT molecular complexity index is 763. The van der Waals surface area contributed by atoms with Crippen molar-refractivity contribution in [1.29, 1.82) is 0 Å². The summed E-state index contributed by atoms with van der Waals surface area (Å²) in [5.41, 5.74) is 3.39. The summed E-state index contributed by atoms with van der Waals surface area (Å²) in [5, 5.41) is 13.7. The van der Waals surface area contributed by atoms with Crippen molar-refractivity contribution >= 4 is 35.6 Å². The predicted molar refractivity (Wildman–Crippen MR) is 135 cm³/mol. The minimum atomic E-state index is -0.635. The Hall–Kier alpha value is -1.87. The van der Waals surface area contributed by atoms with Gasteiger partial charge in [-0.25, -0.2) is 0 Å². The summed E-state index contributed by atoms with van der Waals surface area (Å²) in [6.07, 6.45) is 6.67. The summed E-state index contributed by atoms with van der Waals surface area (Å²) in [7, 11) is 2.03. The first-order chi connectivity index (χ1) is 14.2. The molecule has 0 aliphatic carbocycles. The van der Waals surface area contributed by atoms with Crippen LogP contribution < -0.4 is 10.2 Å². The van der Waals surface area contributed by atoms with Gasteiger partial charge >= 0.3 is 0 Å². The number of aromatic nitrogens is 1. The Morgan fingerprint density at radius 2 is 1.80 bits per heavy atom. The van der Waals surface area contributed by atoms with Gasteiger partial charge in [-0.05, 0) is 61.6 Å². The SMILES string of the molecule is CCNC(=NCC(O)c1ccncc1)N(C)Cc1ccc(N2CCCCC2)cc1.I. The van der Waals surface area contributed by atoms with Crippen LogP contribution in [-0.2, 0) is 6.54 Å². The van der Waals surface area contributed by atoms with Crippen LogP contribution in [0.4, 0.5) is 5.69 Å². The Morgan fingerprint density at radius 3 is 2.43 bits per heavy atom. The maximum Gasteiger partial charge on any atom is 0.194 e. The van der Waals surface area contributed by atoms with Crippen LogP contribution in [0.15, 0.2) is 53.8 Å². The Labute approximate surface area is 197 Å². The van der Waals surface area contributed by atoms with E-state index in [0.29, 0.717) is 6.54 Å². The van der Waals surface area contributed by atoms with E-state index in [-0.39, 0.29) is 24.0 Å². The first kappa shape index (κ1) is 24.4. The summed E-state index contributed by atoms with van der Waals surface area (Å²) in [6, 6.07) is 12.5. The lowest BCUT2D eigenvalue weighted by molar-refractivity contribution is 0.186. The number of aliphatic hydroxyl groups is 1. The van der Waals surface area contributed by atoms with Crippen molar-refractivity contribution in [3.05, 3.63) is 59.9 Å². The molecular formula is C23H34IN5O. The van der Waals surface area contributed by atoms with Crippen LogP contribution in [0.5, 0.6) is 0 Å². The average Bonchev–Trinajstić information content (AvgIpc) is 2.78. The molecule has 1 aromatic heterocycles. The number of aliphatic imine (C=N–C) groups is 1. The highest BCUT2D eigenvalue weighted by Gasteiger charge is 2.12. The van der Waals surface area contributed by atoms with Gasteiger partial charge in [-0.2, -0.15) is 0 Å². The van der Waals surface area contributed by atoms with Gasteiger partial charge in [0.15, 0.2) is 5.96 Å². The summed E-state index contributed by atoms with van der Waals surface area (Å²) < 4.78 is 0. The van der Waals surface area contributed by atoms with Crippen LogP contribution >= 0.6 is 24.0 Å². The third-order valence-corrected chi connectivity index (χ3v) is 5.28. The van der Waals surface area contributed by atoms with E-state index in [2.05, 4.69) is 56.3 Å². The lowest BCUT2D eigenvalue weighted by atomic mass is 10.1. The van der Waals surface area contributed by atoms with E-state index < -0.39 is 6.10 Å². The second-order valence-corrected chi connectivity index (χ2v) is 7.56. The first-order valence-electron chi connectivity index (χ1n) is 10.6. The van der Waals surface area contributed by atoms with Crippen molar-refractivity contribution in [3.63, 3.8) is 0 Å². The number of nitrogens with one attached hydrogen (secondary N) is 1.